The molecule has 1 aliphatic heterocycles. The van der Waals surface area contributed by atoms with Gasteiger partial charge in [-0.15, -0.1) is 0 Å². The number of ether oxygens (including phenoxy) is 1. The Morgan fingerprint density at radius 2 is 2.15 bits per heavy atom. The average Bonchev–Trinajstić information content (AvgIpc) is 3.02. The molecule has 2 rings (SSSR count). The van der Waals surface area contributed by atoms with Crippen LogP contribution in [0.3, 0.4) is 0 Å². The molecular formula is C15H26N2O3. The van der Waals surface area contributed by atoms with Gasteiger partial charge in [-0.25, -0.2) is 0 Å². The Hall–Kier alpha value is -1.10. The minimum atomic E-state index is -0.673. The van der Waals surface area contributed by atoms with Crippen LogP contribution < -0.4 is 5.32 Å². The zero-order chi connectivity index (χ0) is 14.6. The number of carbonyl (C=O) groups is 2. The topological polar surface area (TPSA) is 58.6 Å². The first kappa shape index (κ1) is 15.3. The number of nitrogens with one attached hydrogen (secondary N) is 1. The average molecular weight is 282 g/mol. The lowest BCUT2D eigenvalue weighted by atomic mass is 9.96. The van der Waals surface area contributed by atoms with Gasteiger partial charge in [0, 0.05) is 32.7 Å². The van der Waals surface area contributed by atoms with Gasteiger partial charge in [-0.1, -0.05) is 12.8 Å². The van der Waals surface area contributed by atoms with E-state index in [4.69, 9.17) is 4.74 Å². The SMILES string of the molecule is COCCCN1C(=O)CCC1(C)C(=O)NC1CCCC1. The van der Waals surface area contributed by atoms with Crippen molar-refractivity contribution >= 4 is 11.8 Å². The number of rotatable bonds is 6. The molecule has 20 heavy (non-hydrogen) atoms. The Labute approximate surface area is 121 Å². The molecule has 0 bridgehead atoms. The standard InChI is InChI=1S/C15H26N2O3/c1-15(14(19)16-12-6-3-4-7-12)9-8-13(18)17(15)10-5-11-20-2/h12H,3-11H2,1-2H3,(H,16,19). The van der Waals surface area contributed by atoms with Crippen LogP contribution in [0, 0.1) is 0 Å². The summed E-state index contributed by atoms with van der Waals surface area (Å²) in [5.41, 5.74) is -0.673. The smallest absolute Gasteiger partial charge is 0.245 e. The molecule has 1 saturated heterocycles. The molecule has 1 heterocycles. The van der Waals surface area contributed by atoms with Crippen LogP contribution in [-0.2, 0) is 14.3 Å². The van der Waals surface area contributed by atoms with Gasteiger partial charge >= 0.3 is 0 Å². The molecule has 5 nitrogen and oxygen atoms in total. The van der Waals surface area contributed by atoms with Gasteiger partial charge in [-0.05, 0) is 32.6 Å². The Morgan fingerprint density at radius 3 is 2.80 bits per heavy atom. The lowest BCUT2D eigenvalue weighted by Gasteiger charge is -2.35. The summed E-state index contributed by atoms with van der Waals surface area (Å²) in [5.74, 6) is 0.109. The minimum Gasteiger partial charge on any atom is -0.385 e. The van der Waals surface area contributed by atoms with Crippen molar-refractivity contribution in [3.05, 3.63) is 0 Å². The Kier molecular flexibility index (Phi) is 5.02. The molecule has 2 amide bonds. The van der Waals surface area contributed by atoms with Crippen LogP contribution in [0.25, 0.3) is 0 Å². The highest BCUT2D eigenvalue weighted by Crippen LogP contribution is 2.31. The van der Waals surface area contributed by atoms with E-state index in [0.29, 0.717) is 32.0 Å². The second-order valence-electron chi connectivity index (χ2n) is 6.12. The Bertz CT molecular complexity index is 366. The highest BCUT2D eigenvalue weighted by atomic mass is 16.5. The van der Waals surface area contributed by atoms with Crippen molar-refractivity contribution in [3.63, 3.8) is 0 Å². The second kappa shape index (κ2) is 6.57. The molecule has 1 unspecified atom stereocenters. The van der Waals surface area contributed by atoms with Gasteiger partial charge in [0.2, 0.25) is 11.8 Å². The van der Waals surface area contributed by atoms with E-state index in [1.165, 1.54) is 12.8 Å². The molecule has 0 spiro atoms. The van der Waals surface area contributed by atoms with Crippen LogP contribution >= 0.6 is 0 Å². The first-order valence-electron chi connectivity index (χ1n) is 7.68. The third-order valence-corrected chi connectivity index (χ3v) is 4.63. The Morgan fingerprint density at radius 1 is 1.45 bits per heavy atom. The normalized spacial score (nSPS) is 27.3. The summed E-state index contributed by atoms with van der Waals surface area (Å²) < 4.78 is 5.03. The molecule has 0 radical (unpaired) electrons. The molecule has 2 aliphatic rings. The number of hydrogen-bond donors (Lipinski definition) is 1. The molecule has 2 fully saturated rings. The summed E-state index contributed by atoms with van der Waals surface area (Å²) in [7, 11) is 1.65. The molecule has 1 atom stereocenters. The van der Waals surface area contributed by atoms with Gasteiger partial charge in [0.15, 0.2) is 0 Å². The third-order valence-electron chi connectivity index (χ3n) is 4.63. The van der Waals surface area contributed by atoms with Gasteiger partial charge in [-0.3, -0.25) is 9.59 Å². The highest BCUT2D eigenvalue weighted by Gasteiger charge is 2.47. The van der Waals surface area contributed by atoms with Gasteiger partial charge in [0.05, 0.1) is 0 Å². The quantitative estimate of drug-likeness (QED) is 0.750. The first-order valence-corrected chi connectivity index (χ1v) is 7.68. The number of methoxy groups -OCH3 is 1. The molecular weight excluding hydrogens is 256 g/mol. The molecule has 114 valence electrons. The summed E-state index contributed by atoms with van der Waals surface area (Å²) in [5, 5.41) is 3.14. The van der Waals surface area contributed by atoms with E-state index < -0.39 is 5.54 Å². The maximum absolute atomic E-state index is 12.6. The van der Waals surface area contributed by atoms with E-state index in [9.17, 15) is 9.59 Å². The summed E-state index contributed by atoms with van der Waals surface area (Å²) in [4.78, 5) is 26.4. The maximum atomic E-state index is 12.6. The second-order valence-corrected chi connectivity index (χ2v) is 6.12. The van der Waals surface area contributed by atoms with Crippen molar-refractivity contribution in [1.29, 1.82) is 0 Å². The monoisotopic (exact) mass is 282 g/mol. The summed E-state index contributed by atoms with van der Waals surface area (Å²) in [6.07, 6.45) is 6.39. The van der Waals surface area contributed by atoms with Gasteiger partial charge in [0.1, 0.15) is 5.54 Å². The van der Waals surface area contributed by atoms with E-state index in [-0.39, 0.29) is 11.8 Å². The van der Waals surface area contributed by atoms with E-state index in [1.54, 1.807) is 12.0 Å². The van der Waals surface area contributed by atoms with E-state index in [1.807, 2.05) is 6.92 Å². The van der Waals surface area contributed by atoms with Crippen molar-refractivity contribution in [3.8, 4) is 0 Å². The number of carbonyl (C=O) groups excluding carboxylic acids is 2. The lowest BCUT2D eigenvalue weighted by molar-refractivity contribution is -0.141. The fraction of sp³-hybridized carbons (Fsp3) is 0.867. The molecule has 0 aromatic carbocycles. The third kappa shape index (κ3) is 3.14. The van der Waals surface area contributed by atoms with Crippen LogP contribution in [0.1, 0.15) is 51.9 Å². The Balaban J connectivity index is 1.97. The van der Waals surface area contributed by atoms with Gasteiger partial charge in [-0.2, -0.15) is 0 Å². The summed E-state index contributed by atoms with van der Waals surface area (Å²) in [6.45, 7) is 3.11. The number of amides is 2. The number of likely N-dealkylation sites (tertiary alicyclic amines) is 1. The molecule has 5 heteroatoms. The molecule has 1 N–H and O–H groups in total. The van der Waals surface area contributed by atoms with Crippen molar-refractivity contribution in [2.45, 2.75) is 63.5 Å². The lowest BCUT2D eigenvalue weighted by Crippen LogP contribution is -2.56. The zero-order valence-electron chi connectivity index (χ0n) is 12.6. The van der Waals surface area contributed by atoms with Crippen molar-refractivity contribution in [2.24, 2.45) is 0 Å². The number of hydrogen-bond acceptors (Lipinski definition) is 3. The fourth-order valence-electron chi connectivity index (χ4n) is 3.28. The van der Waals surface area contributed by atoms with Crippen molar-refractivity contribution < 1.29 is 14.3 Å². The van der Waals surface area contributed by atoms with Crippen LogP contribution in [0.15, 0.2) is 0 Å². The highest BCUT2D eigenvalue weighted by molar-refractivity contribution is 5.94. The largest absolute Gasteiger partial charge is 0.385 e. The molecule has 0 aromatic rings. The molecule has 1 aliphatic carbocycles. The van der Waals surface area contributed by atoms with E-state index in [0.717, 1.165) is 19.3 Å². The van der Waals surface area contributed by atoms with E-state index >= 15 is 0 Å². The van der Waals surface area contributed by atoms with Gasteiger partial charge < -0.3 is 15.0 Å². The van der Waals surface area contributed by atoms with Crippen molar-refractivity contribution in [1.82, 2.24) is 10.2 Å². The van der Waals surface area contributed by atoms with Crippen LogP contribution in [0.5, 0.6) is 0 Å². The fourth-order valence-corrected chi connectivity index (χ4v) is 3.28. The predicted molar refractivity (Wildman–Crippen MR) is 76.2 cm³/mol. The maximum Gasteiger partial charge on any atom is 0.245 e. The van der Waals surface area contributed by atoms with Crippen LogP contribution in [0.4, 0.5) is 0 Å². The first-order chi connectivity index (χ1) is 9.58. The summed E-state index contributed by atoms with van der Waals surface area (Å²) in [6, 6.07) is 0.302. The van der Waals surface area contributed by atoms with Crippen LogP contribution in [-0.4, -0.2) is 48.6 Å². The van der Waals surface area contributed by atoms with Crippen LogP contribution in [0.2, 0.25) is 0 Å². The zero-order valence-corrected chi connectivity index (χ0v) is 12.6. The number of nitrogens with zero attached hydrogens (tertiary/aromatic N) is 1. The van der Waals surface area contributed by atoms with Gasteiger partial charge in [0.25, 0.3) is 0 Å². The molecule has 1 saturated carbocycles. The van der Waals surface area contributed by atoms with E-state index in [2.05, 4.69) is 5.32 Å². The minimum absolute atomic E-state index is 0.0210. The summed E-state index contributed by atoms with van der Waals surface area (Å²) >= 11 is 0. The van der Waals surface area contributed by atoms with Crippen molar-refractivity contribution in [2.75, 3.05) is 20.3 Å². The molecule has 0 aromatic heterocycles. The predicted octanol–water partition coefficient (Wildman–Crippen LogP) is 1.46.